The minimum Gasteiger partial charge on any atom is -0.449 e. The first-order chi connectivity index (χ1) is 11.3. The molecule has 1 aliphatic rings. The largest absolute Gasteiger partial charge is 0.449 e. The number of furan rings is 1. The Kier molecular flexibility index (Phi) is 5.03. The van der Waals surface area contributed by atoms with Crippen molar-refractivity contribution in [2.24, 2.45) is 4.99 Å². The third-order valence-corrected chi connectivity index (χ3v) is 6.14. The van der Waals surface area contributed by atoms with Crippen molar-refractivity contribution >= 4 is 66.5 Å². The molecular formula is C17H14Br2N2O2S. The zero-order valence-electron chi connectivity index (χ0n) is 13.3. The second-order valence-electron chi connectivity index (χ2n) is 5.49. The Morgan fingerprint density at radius 3 is 2.42 bits per heavy atom. The molecular weight excluding hydrogens is 456 g/mol. The van der Waals surface area contributed by atoms with Crippen LogP contribution in [-0.4, -0.2) is 23.0 Å². The smallest absolute Gasteiger partial charge is 0.266 e. The molecule has 0 saturated carbocycles. The van der Waals surface area contributed by atoms with Gasteiger partial charge in [-0.15, -0.1) is 0 Å². The van der Waals surface area contributed by atoms with Crippen LogP contribution in [0.1, 0.15) is 16.9 Å². The van der Waals surface area contributed by atoms with Crippen LogP contribution < -0.4 is 0 Å². The van der Waals surface area contributed by atoms with E-state index >= 15 is 0 Å². The molecule has 1 aromatic carbocycles. The van der Waals surface area contributed by atoms with Gasteiger partial charge in [-0.1, -0.05) is 6.07 Å². The lowest BCUT2D eigenvalue weighted by Crippen LogP contribution is -2.23. The van der Waals surface area contributed by atoms with E-state index in [-0.39, 0.29) is 5.91 Å². The Hall–Kier alpha value is -1.31. The maximum absolute atomic E-state index is 12.4. The van der Waals surface area contributed by atoms with Crippen LogP contribution in [0.2, 0.25) is 0 Å². The highest BCUT2D eigenvalue weighted by atomic mass is 79.9. The van der Waals surface area contributed by atoms with E-state index in [1.165, 1.54) is 11.8 Å². The number of carbonyl (C=O) groups is 1. The highest BCUT2D eigenvalue weighted by Crippen LogP contribution is 2.35. The van der Waals surface area contributed by atoms with Crippen molar-refractivity contribution in [3.8, 4) is 0 Å². The molecule has 0 spiro atoms. The number of amidine groups is 1. The van der Waals surface area contributed by atoms with Gasteiger partial charge in [-0.3, -0.25) is 9.69 Å². The van der Waals surface area contributed by atoms with Crippen molar-refractivity contribution in [2.45, 2.75) is 13.8 Å². The Bertz CT molecular complexity index is 847. The second kappa shape index (κ2) is 6.90. The Morgan fingerprint density at radius 1 is 1.17 bits per heavy atom. The number of rotatable bonds is 2. The standard InChI is InChI=1S/C17H14Br2N2O2S/c1-9-4-10(2)6-11(5-9)20-17-21(3)16(22)14(24-17)8-12-7-13(18)15(19)23-12/h4-8H,1-3H3/b14-8-,20-17?. The van der Waals surface area contributed by atoms with Crippen molar-refractivity contribution in [3.63, 3.8) is 0 Å². The third kappa shape index (κ3) is 3.68. The summed E-state index contributed by atoms with van der Waals surface area (Å²) in [5.41, 5.74) is 3.14. The molecule has 1 fully saturated rings. The van der Waals surface area contributed by atoms with E-state index < -0.39 is 0 Å². The quantitative estimate of drug-likeness (QED) is 0.533. The zero-order chi connectivity index (χ0) is 17.4. The normalized spacial score (nSPS) is 18.2. The molecule has 24 heavy (non-hydrogen) atoms. The molecule has 2 aromatic rings. The summed E-state index contributed by atoms with van der Waals surface area (Å²) in [6.07, 6.45) is 1.73. The third-order valence-electron chi connectivity index (χ3n) is 3.37. The van der Waals surface area contributed by atoms with Crippen LogP contribution in [0.3, 0.4) is 0 Å². The van der Waals surface area contributed by atoms with E-state index in [0.29, 0.717) is 20.5 Å². The molecule has 1 saturated heterocycles. The first kappa shape index (κ1) is 17.5. The van der Waals surface area contributed by atoms with E-state index in [4.69, 9.17) is 4.42 Å². The van der Waals surface area contributed by atoms with E-state index in [1.54, 1.807) is 18.0 Å². The highest BCUT2D eigenvalue weighted by molar-refractivity contribution is 9.13. The molecule has 0 radical (unpaired) electrons. The fourth-order valence-corrected chi connectivity index (χ4v) is 3.92. The molecule has 4 nitrogen and oxygen atoms in total. The van der Waals surface area contributed by atoms with Crippen molar-refractivity contribution in [1.82, 2.24) is 4.90 Å². The number of aliphatic imine (C=N–C) groups is 1. The van der Waals surface area contributed by atoms with Crippen molar-refractivity contribution in [3.05, 3.63) is 55.2 Å². The SMILES string of the molecule is Cc1cc(C)cc(N=C2S/C(=C\c3cc(Br)c(Br)o3)C(=O)N2C)c1. The zero-order valence-corrected chi connectivity index (χ0v) is 17.3. The van der Waals surface area contributed by atoms with Crippen LogP contribution >= 0.6 is 43.6 Å². The van der Waals surface area contributed by atoms with Gasteiger partial charge in [-0.05, 0) is 86.8 Å². The lowest BCUT2D eigenvalue weighted by atomic mass is 10.1. The highest BCUT2D eigenvalue weighted by Gasteiger charge is 2.30. The predicted octanol–water partition coefficient (Wildman–Crippen LogP) is 5.66. The second-order valence-corrected chi connectivity index (χ2v) is 8.07. The van der Waals surface area contributed by atoms with Gasteiger partial charge in [0.15, 0.2) is 9.84 Å². The van der Waals surface area contributed by atoms with E-state index in [9.17, 15) is 4.79 Å². The average Bonchev–Trinajstić information content (AvgIpc) is 2.93. The average molecular weight is 470 g/mol. The van der Waals surface area contributed by atoms with Gasteiger partial charge in [0.1, 0.15) is 5.76 Å². The molecule has 0 atom stereocenters. The number of carbonyl (C=O) groups excluding carboxylic acids is 1. The van der Waals surface area contributed by atoms with Crippen LogP contribution in [0.25, 0.3) is 6.08 Å². The number of aryl methyl sites for hydroxylation is 2. The topological polar surface area (TPSA) is 45.8 Å². The minimum absolute atomic E-state index is 0.0910. The number of likely N-dealkylation sites (N-methyl/N-ethyl adjacent to an activating group) is 1. The molecule has 2 heterocycles. The summed E-state index contributed by atoms with van der Waals surface area (Å²) in [7, 11) is 1.73. The Morgan fingerprint density at radius 2 is 1.83 bits per heavy atom. The number of hydrogen-bond donors (Lipinski definition) is 0. The van der Waals surface area contributed by atoms with Gasteiger partial charge in [0.25, 0.3) is 5.91 Å². The maximum atomic E-state index is 12.4. The number of amides is 1. The summed E-state index contributed by atoms with van der Waals surface area (Å²) in [6.45, 7) is 4.07. The van der Waals surface area contributed by atoms with Gasteiger partial charge in [0.05, 0.1) is 15.1 Å². The van der Waals surface area contributed by atoms with Gasteiger partial charge in [0.2, 0.25) is 0 Å². The maximum Gasteiger partial charge on any atom is 0.266 e. The molecule has 0 N–H and O–H groups in total. The lowest BCUT2D eigenvalue weighted by molar-refractivity contribution is -0.121. The molecule has 0 bridgehead atoms. The summed E-state index contributed by atoms with van der Waals surface area (Å²) in [4.78, 5) is 19.2. The fraction of sp³-hybridized carbons (Fsp3) is 0.176. The molecule has 1 amide bonds. The van der Waals surface area contributed by atoms with E-state index in [1.807, 2.05) is 32.0 Å². The number of hydrogen-bond acceptors (Lipinski definition) is 4. The Balaban J connectivity index is 1.92. The summed E-state index contributed by atoms with van der Waals surface area (Å²) in [5, 5.41) is 0.654. The van der Waals surface area contributed by atoms with Gasteiger partial charge < -0.3 is 4.42 Å². The fourth-order valence-electron chi connectivity index (χ4n) is 2.34. The molecule has 0 unspecified atom stereocenters. The number of halogens is 2. The molecule has 124 valence electrons. The summed E-state index contributed by atoms with van der Waals surface area (Å²) >= 11 is 8.00. The number of thioether (sulfide) groups is 1. The van der Waals surface area contributed by atoms with Crippen LogP contribution in [0.15, 0.2) is 47.7 Å². The van der Waals surface area contributed by atoms with E-state index in [2.05, 4.69) is 42.9 Å². The van der Waals surface area contributed by atoms with Crippen molar-refractivity contribution < 1.29 is 9.21 Å². The van der Waals surface area contributed by atoms with Gasteiger partial charge in [-0.25, -0.2) is 4.99 Å². The lowest BCUT2D eigenvalue weighted by Gasteiger charge is -2.07. The van der Waals surface area contributed by atoms with Crippen LogP contribution in [-0.2, 0) is 4.79 Å². The molecule has 0 aliphatic carbocycles. The van der Waals surface area contributed by atoms with Crippen LogP contribution in [0.5, 0.6) is 0 Å². The summed E-state index contributed by atoms with van der Waals surface area (Å²) in [5.74, 6) is 0.511. The Labute approximate surface area is 161 Å². The molecule has 3 rings (SSSR count). The first-order valence-corrected chi connectivity index (χ1v) is 9.53. The van der Waals surface area contributed by atoms with Crippen molar-refractivity contribution in [2.75, 3.05) is 7.05 Å². The van der Waals surface area contributed by atoms with Gasteiger partial charge in [0, 0.05) is 13.1 Å². The van der Waals surface area contributed by atoms with Gasteiger partial charge in [-0.2, -0.15) is 0 Å². The monoisotopic (exact) mass is 468 g/mol. The van der Waals surface area contributed by atoms with E-state index in [0.717, 1.165) is 21.3 Å². The number of nitrogens with zero attached hydrogens (tertiary/aromatic N) is 2. The molecule has 1 aliphatic heterocycles. The minimum atomic E-state index is -0.0910. The summed E-state index contributed by atoms with van der Waals surface area (Å²) < 4.78 is 6.92. The molecule has 7 heteroatoms. The number of benzene rings is 1. The first-order valence-electron chi connectivity index (χ1n) is 7.13. The van der Waals surface area contributed by atoms with Crippen LogP contribution in [0, 0.1) is 13.8 Å². The molecule has 1 aromatic heterocycles. The van der Waals surface area contributed by atoms with Crippen molar-refractivity contribution in [1.29, 1.82) is 0 Å². The van der Waals surface area contributed by atoms with Crippen LogP contribution in [0.4, 0.5) is 5.69 Å². The predicted molar refractivity (Wildman–Crippen MR) is 105 cm³/mol. The van der Waals surface area contributed by atoms with Gasteiger partial charge >= 0.3 is 0 Å². The summed E-state index contributed by atoms with van der Waals surface area (Å²) in [6, 6.07) is 7.91.